The summed E-state index contributed by atoms with van der Waals surface area (Å²) in [5.41, 5.74) is 1.55. The Hall–Kier alpha value is -0.700. The molecule has 2 nitrogen and oxygen atoms in total. The summed E-state index contributed by atoms with van der Waals surface area (Å²) in [6.07, 6.45) is 10.8. The molecule has 1 fully saturated rings. The van der Waals surface area contributed by atoms with Crippen LogP contribution in [0.2, 0.25) is 0 Å². The van der Waals surface area contributed by atoms with Gasteiger partial charge >= 0.3 is 0 Å². The van der Waals surface area contributed by atoms with Crippen molar-refractivity contribution < 1.29 is 4.74 Å². The highest BCUT2D eigenvalue weighted by molar-refractivity contribution is 8.04. The van der Waals surface area contributed by atoms with Gasteiger partial charge in [-0.15, -0.1) is 11.8 Å². The Bertz CT molecular complexity index is 402. The summed E-state index contributed by atoms with van der Waals surface area (Å²) in [7, 11) is 0. The van der Waals surface area contributed by atoms with Gasteiger partial charge in [-0.3, -0.25) is 0 Å². The van der Waals surface area contributed by atoms with Gasteiger partial charge in [-0.05, 0) is 25.8 Å². The number of ether oxygens (including phenoxy) is 1. The van der Waals surface area contributed by atoms with Gasteiger partial charge in [0, 0.05) is 5.75 Å². The van der Waals surface area contributed by atoms with Crippen LogP contribution in [0.5, 0.6) is 0 Å². The lowest BCUT2D eigenvalue weighted by atomic mass is 9.83. The van der Waals surface area contributed by atoms with Gasteiger partial charge in [0.1, 0.15) is 6.61 Å². The van der Waals surface area contributed by atoms with Crippen molar-refractivity contribution in [1.82, 2.24) is 0 Å². The first-order valence-corrected chi connectivity index (χ1v) is 7.49. The van der Waals surface area contributed by atoms with Crippen LogP contribution in [0, 0.1) is 0 Å². The third kappa shape index (κ3) is 2.30. The van der Waals surface area contributed by atoms with Gasteiger partial charge < -0.3 is 4.74 Å². The SMILES string of the molecule is CC1=CC=C(C2=NC3(CCCCC3)CO2)SC1. The van der Waals surface area contributed by atoms with Gasteiger partial charge in [0.05, 0.1) is 10.4 Å². The van der Waals surface area contributed by atoms with Crippen LogP contribution in [0.3, 0.4) is 0 Å². The summed E-state index contributed by atoms with van der Waals surface area (Å²) in [5.74, 6) is 1.97. The van der Waals surface area contributed by atoms with E-state index in [2.05, 4.69) is 19.1 Å². The van der Waals surface area contributed by atoms with Crippen molar-refractivity contribution in [2.75, 3.05) is 12.4 Å². The van der Waals surface area contributed by atoms with E-state index in [4.69, 9.17) is 9.73 Å². The molecule has 0 amide bonds. The highest BCUT2D eigenvalue weighted by Crippen LogP contribution is 2.38. The normalized spacial score (nSPS) is 27.2. The molecule has 0 unspecified atom stereocenters. The average molecular weight is 249 g/mol. The van der Waals surface area contributed by atoms with Crippen molar-refractivity contribution in [3.8, 4) is 0 Å². The minimum absolute atomic E-state index is 0.130. The molecule has 3 heteroatoms. The molecule has 0 radical (unpaired) electrons. The van der Waals surface area contributed by atoms with Gasteiger partial charge in [-0.1, -0.05) is 30.9 Å². The number of allylic oxidation sites excluding steroid dienone is 2. The molecule has 1 saturated carbocycles. The van der Waals surface area contributed by atoms with Crippen LogP contribution in [0.15, 0.2) is 27.6 Å². The third-order valence-electron chi connectivity index (χ3n) is 3.79. The van der Waals surface area contributed by atoms with Gasteiger partial charge in [0.15, 0.2) is 0 Å². The summed E-state index contributed by atoms with van der Waals surface area (Å²) in [6, 6.07) is 0. The van der Waals surface area contributed by atoms with Gasteiger partial charge in [-0.2, -0.15) is 0 Å². The first kappa shape index (κ1) is 11.4. The van der Waals surface area contributed by atoms with Crippen molar-refractivity contribution in [2.24, 2.45) is 4.99 Å². The first-order chi connectivity index (χ1) is 8.27. The maximum Gasteiger partial charge on any atom is 0.223 e. The predicted molar refractivity (Wildman–Crippen MR) is 73.5 cm³/mol. The second kappa shape index (κ2) is 4.52. The molecule has 3 aliphatic rings. The number of thioether (sulfide) groups is 1. The van der Waals surface area contributed by atoms with Crippen LogP contribution >= 0.6 is 11.8 Å². The minimum Gasteiger partial charge on any atom is -0.475 e. The molecular weight excluding hydrogens is 230 g/mol. The Labute approximate surface area is 107 Å². The number of hydrogen-bond acceptors (Lipinski definition) is 3. The topological polar surface area (TPSA) is 21.6 Å². The molecule has 2 heterocycles. The molecule has 0 aromatic carbocycles. The molecule has 0 bridgehead atoms. The first-order valence-electron chi connectivity index (χ1n) is 6.51. The van der Waals surface area contributed by atoms with E-state index in [9.17, 15) is 0 Å². The van der Waals surface area contributed by atoms with Crippen LogP contribution in [-0.4, -0.2) is 23.8 Å². The van der Waals surface area contributed by atoms with Crippen LogP contribution in [-0.2, 0) is 4.74 Å². The van der Waals surface area contributed by atoms with Crippen molar-refractivity contribution in [2.45, 2.75) is 44.6 Å². The van der Waals surface area contributed by atoms with E-state index in [1.807, 2.05) is 11.8 Å². The van der Waals surface area contributed by atoms with Crippen molar-refractivity contribution in [1.29, 1.82) is 0 Å². The number of hydrogen-bond donors (Lipinski definition) is 0. The van der Waals surface area contributed by atoms with E-state index in [0.717, 1.165) is 18.3 Å². The van der Waals surface area contributed by atoms with Crippen LogP contribution < -0.4 is 0 Å². The molecule has 3 rings (SSSR count). The Morgan fingerprint density at radius 2 is 2.06 bits per heavy atom. The van der Waals surface area contributed by atoms with Crippen LogP contribution in [0.25, 0.3) is 0 Å². The molecule has 17 heavy (non-hydrogen) atoms. The number of aliphatic imine (C=N–C) groups is 1. The zero-order valence-corrected chi connectivity index (χ0v) is 11.2. The van der Waals surface area contributed by atoms with E-state index in [0.29, 0.717) is 0 Å². The molecule has 0 saturated heterocycles. The average Bonchev–Trinajstić information content (AvgIpc) is 2.75. The number of nitrogens with zero attached hydrogens (tertiary/aromatic N) is 1. The van der Waals surface area contributed by atoms with E-state index in [1.165, 1.54) is 42.6 Å². The zero-order chi connectivity index (χ0) is 11.7. The van der Waals surface area contributed by atoms with Gasteiger partial charge in [0.2, 0.25) is 5.90 Å². The lowest BCUT2D eigenvalue weighted by molar-refractivity contribution is 0.207. The summed E-state index contributed by atoms with van der Waals surface area (Å²) < 4.78 is 5.85. The van der Waals surface area contributed by atoms with E-state index in [-0.39, 0.29) is 5.54 Å². The Kier molecular flexibility index (Phi) is 3.03. The second-order valence-corrected chi connectivity index (χ2v) is 6.34. The van der Waals surface area contributed by atoms with Crippen LogP contribution in [0.4, 0.5) is 0 Å². The van der Waals surface area contributed by atoms with Crippen LogP contribution in [0.1, 0.15) is 39.0 Å². The Morgan fingerprint density at radius 1 is 1.24 bits per heavy atom. The monoisotopic (exact) mass is 249 g/mol. The van der Waals surface area contributed by atoms with E-state index < -0.39 is 0 Å². The van der Waals surface area contributed by atoms with Gasteiger partial charge in [-0.25, -0.2) is 4.99 Å². The quantitative estimate of drug-likeness (QED) is 0.707. The predicted octanol–water partition coefficient (Wildman–Crippen LogP) is 3.70. The van der Waals surface area contributed by atoms with Gasteiger partial charge in [0.25, 0.3) is 0 Å². The summed E-state index contributed by atoms with van der Waals surface area (Å²) in [5, 5.41) is 0. The highest BCUT2D eigenvalue weighted by atomic mass is 32.2. The minimum atomic E-state index is 0.130. The summed E-state index contributed by atoms with van der Waals surface area (Å²) >= 11 is 1.85. The molecule has 0 aromatic rings. The van der Waals surface area contributed by atoms with Crippen molar-refractivity contribution in [3.05, 3.63) is 22.6 Å². The standard InChI is InChI=1S/C14H19NOS/c1-11-5-6-12(17-9-11)13-15-14(10-16-13)7-3-2-4-8-14/h5-6H,2-4,7-10H2,1H3. The fourth-order valence-electron chi connectivity index (χ4n) is 2.71. The van der Waals surface area contributed by atoms with Crippen molar-refractivity contribution in [3.63, 3.8) is 0 Å². The van der Waals surface area contributed by atoms with E-state index in [1.54, 1.807) is 0 Å². The van der Waals surface area contributed by atoms with Crippen molar-refractivity contribution >= 4 is 17.7 Å². The molecule has 0 aromatic heterocycles. The highest BCUT2D eigenvalue weighted by Gasteiger charge is 2.38. The third-order valence-corrected chi connectivity index (χ3v) is 5.01. The molecule has 2 aliphatic heterocycles. The molecular formula is C14H19NOS. The van der Waals surface area contributed by atoms with E-state index >= 15 is 0 Å². The Balaban J connectivity index is 1.79. The second-order valence-electron chi connectivity index (χ2n) is 5.32. The largest absolute Gasteiger partial charge is 0.475 e. The zero-order valence-electron chi connectivity index (χ0n) is 10.4. The lowest BCUT2D eigenvalue weighted by Crippen LogP contribution is -2.30. The summed E-state index contributed by atoms with van der Waals surface area (Å²) in [6.45, 7) is 2.98. The molecule has 0 N–H and O–H groups in total. The smallest absolute Gasteiger partial charge is 0.223 e. The molecule has 1 spiro atoms. The molecule has 92 valence electrons. The molecule has 1 aliphatic carbocycles. The summed E-state index contributed by atoms with van der Waals surface area (Å²) in [4.78, 5) is 6.12. The lowest BCUT2D eigenvalue weighted by Gasteiger charge is -2.27. The number of rotatable bonds is 1. The molecule has 0 atom stereocenters. The maximum absolute atomic E-state index is 5.85. The maximum atomic E-state index is 5.85. The Morgan fingerprint density at radius 3 is 2.76 bits per heavy atom. The fourth-order valence-corrected chi connectivity index (χ4v) is 3.59. The fraction of sp³-hybridized carbons (Fsp3) is 0.643.